The van der Waals surface area contributed by atoms with Crippen molar-refractivity contribution in [3.05, 3.63) is 0 Å². The lowest BCUT2D eigenvalue weighted by atomic mass is 10.0. The van der Waals surface area contributed by atoms with E-state index >= 15 is 0 Å². The van der Waals surface area contributed by atoms with E-state index in [4.69, 9.17) is 0 Å². The van der Waals surface area contributed by atoms with Crippen molar-refractivity contribution in [3.8, 4) is 0 Å². The van der Waals surface area contributed by atoms with Gasteiger partial charge < -0.3 is 5.11 Å². The lowest BCUT2D eigenvalue weighted by molar-refractivity contribution is 0.00940. The number of rotatable bonds is 1. The fraction of sp³-hybridized carbons (Fsp3) is 1.00. The molecule has 2 atom stereocenters. The van der Waals surface area contributed by atoms with Crippen molar-refractivity contribution >= 4 is 0 Å². The molecule has 0 radical (unpaired) electrons. The fourth-order valence-electron chi connectivity index (χ4n) is 3.07. The van der Waals surface area contributed by atoms with Gasteiger partial charge in [0.05, 0.1) is 6.10 Å². The van der Waals surface area contributed by atoms with Gasteiger partial charge in [-0.3, -0.25) is 9.80 Å². The Balaban J connectivity index is 1.85. The van der Waals surface area contributed by atoms with Gasteiger partial charge in [0, 0.05) is 37.8 Å². The van der Waals surface area contributed by atoms with E-state index in [2.05, 4.69) is 30.6 Å². The van der Waals surface area contributed by atoms with Crippen LogP contribution >= 0.6 is 0 Å². The van der Waals surface area contributed by atoms with Gasteiger partial charge in [0.2, 0.25) is 0 Å². The number of piperazine rings is 1. The highest BCUT2D eigenvalue weighted by atomic mass is 16.3. The molecule has 2 aliphatic rings. The first-order valence-corrected chi connectivity index (χ1v) is 6.65. The normalized spacial score (nSPS) is 34.5. The van der Waals surface area contributed by atoms with Crippen LogP contribution in [0.25, 0.3) is 0 Å². The average Bonchev–Trinajstić information content (AvgIpc) is 2.63. The van der Waals surface area contributed by atoms with Gasteiger partial charge in [-0.1, -0.05) is 0 Å². The third-order valence-electron chi connectivity index (χ3n) is 4.18. The Bertz CT molecular complexity index is 229. The van der Waals surface area contributed by atoms with E-state index in [-0.39, 0.29) is 6.10 Å². The van der Waals surface area contributed by atoms with E-state index in [0.717, 1.165) is 32.6 Å². The maximum Gasteiger partial charge on any atom is 0.0695 e. The predicted octanol–water partition coefficient (Wildman–Crippen LogP) is 1.32. The van der Waals surface area contributed by atoms with Crippen LogP contribution in [0.4, 0.5) is 0 Å². The van der Waals surface area contributed by atoms with Gasteiger partial charge in [0.25, 0.3) is 0 Å². The molecule has 0 aromatic rings. The molecule has 1 aliphatic carbocycles. The van der Waals surface area contributed by atoms with Gasteiger partial charge >= 0.3 is 0 Å². The van der Waals surface area contributed by atoms with Crippen molar-refractivity contribution in [2.24, 2.45) is 0 Å². The molecule has 1 saturated carbocycles. The number of nitrogens with zero attached hydrogens (tertiary/aromatic N) is 2. The van der Waals surface area contributed by atoms with E-state index in [1.165, 1.54) is 12.8 Å². The lowest BCUT2D eigenvalue weighted by Crippen LogP contribution is -2.56. The number of hydrogen-bond donors (Lipinski definition) is 1. The molecular formula is C13H26N2O. The summed E-state index contributed by atoms with van der Waals surface area (Å²) < 4.78 is 0. The van der Waals surface area contributed by atoms with E-state index in [0.29, 0.717) is 11.6 Å². The van der Waals surface area contributed by atoms with Gasteiger partial charge in [-0.25, -0.2) is 0 Å². The summed E-state index contributed by atoms with van der Waals surface area (Å²) in [7, 11) is 0. The van der Waals surface area contributed by atoms with Gasteiger partial charge in [0.1, 0.15) is 0 Å². The number of aliphatic hydroxyl groups excluding tert-OH is 1. The van der Waals surface area contributed by atoms with E-state index in [1.807, 2.05) is 0 Å². The Morgan fingerprint density at radius 1 is 1.00 bits per heavy atom. The summed E-state index contributed by atoms with van der Waals surface area (Å²) in [6, 6.07) is 0.446. The Labute approximate surface area is 99.4 Å². The molecule has 3 heteroatoms. The second-order valence-electron chi connectivity index (χ2n) is 6.26. The zero-order valence-corrected chi connectivity index (χ0v) is 10.9. The smallest absolute Gasteiger partial charge is 0.0695 e. The van der Waals surface area contributed by atoms with Crippen molar-refractivity contribution in [2.45, 2.75) is 57.7 Å². The highest BCUT2D eigenvalue weighted by Gasteiger charge is 2.34. The van der Waals surface area contributed by atoms with Crippen LogP contribution < -0.4 is 0 Å². The first kappa shape index (κ1) is 12.3. The highest BCUT2D eigenvalue weighted by molar-refractivity contribution is 4.89. The van der Waals surface area contributed by atoms with Crippen molar-refractivity contribution in [2.75, 3.05) is 26.2 Å². The average molecular weight is 226 g/mol. The molecule has 94 valence electrons. The quantitative estimate of drug-likeness (QED) is 0.730. The third-order valence-corrected chi connectivity index (χ3v) is 4.18. The minimum Gasteiger partial charge on any atom is -0.391 e. The fourth-order valence-corrected chi connectivity index (χ4v) is 3.07. The lowest BCUT2D eigenvalue weighted by Gasteiger charge is -2.44. The van der Waals surface area contributed by atoms with Gasteiger partial charge in [-0.2, -0.15) is 0 Å². The van der Waals surface area contributed by atoms with Gasteiger partial charge in [-0.15, -0.1) is 0 Å². The van der Waals surface area contributed by atoms with Crippen LogP contribution in [0.15, 0.2) is 0 Å². The van der Waals surface area contributed by atoms with E-state index in [9.17, 15) is 5.11 Å². The maximum absolute atomic E-state index is 9.91. The minimum atomic E-state index is -0.0683. The number of hydrogen-bond acceptors (Lipinski definition) is 3. The summed E-state index contributed by atoms with van der Waals surface area (Å²) in [6.07, 6.45) is 3.33. The van der Waals surface area contributed by atoms with E-state index < -0.39 is 0 Å². The SMILES string of the molecule is CC(C)(C)N1CCN(C2CCCC2O)CC1. The molecule has 0 bridgehead atoms. The third kappa shape index (κ3) is 2.58. The summed E-state index contributed by atoms with van der Waals surface area (Å²) in [6.45, 7) is 11.4. The number of aliphatic hydroxyl groups is 1. The largest absolute Gasteiger partial charge is 0.391 e. The Kier molecular flexibility index (Phi) is 3.57. The van der Waals surface area contributed by atoms with Crippen LogP contribution in [0.1, 0.15) is 40.0 Å². The Hall–Kier alpha value is -0.120. The summed E-state index contributed by atoms with van der Waals surface area (Å²) in [4.78, 5) is 5.05. The van der Waals surface area contributed by atoms with Crippen LogP contribution in [-0.4, -0.2) is 58.8 Å². The van der Waals surface area contributed by atoms with Gasteiger partial charge in [0.15, 0.2) is 0 Å². The molecule has 2 fully saturated rings. The molecule has 0 aromatic heterocycles. The van der Waals surface area contributed by atoms with Crippen molar-refractivity contribution in [1.82, 2.24) is 9.80 Å². The molecule has 3 nitrogen and oxygen atoms in total. The van der Waals surface area contributed by atoms with Gasteiger partial charge in [-0.05, 0) is 40.0 Å². The Morgan fingerprint density at radius 2 is 1.62 bits per heavy atom. The predicted molar refractivity (Wildman–Crippen MR) is 66.5 cm³/mol. The summed E-state index contributed by atoms with van der Waals surface area (Å²) >= 11 is 0. The molecule has 16 heavy (non-hydrogen) atoms. The van der Waals surface area contributed by atoms with Crippen molar-refractivity contribution in [1.29, 1.82) is 0 Å². The Morgan fingerprint density at radius 3 is 2.06 bits per heavy atom. The summed E-state index contributed by atoms with van der Waals surface area (Å²) in [5.74, 6) is 0. The molecule has 1 aliphatic heterocycles. The molecule has 2 rings (SSSR count). The first-order valence-electron chi connectivity index (χ1n) is 6.65. The van der Waals surface area contributed by atoms with Crippen LogP contribution in [0.5, 0.6) is 0 Å². The molecule has 0 amide bonds. The van der Waals surface area contributed by atoms with Crippen LogP contribution in [0.3, 0.4) is 0 Å². The monoisotopic (exact) mass is 226 g/mol. The van der Waals surface area contributed by atoms with Crippen LogP contribution in [0, 0.1) is 0 Å². The highest BCUT2D eigenvalue weighted by Crippen LogP contribution is 2.26. The zero-order chi connectivity index (χ0) is 11.8. The molecular weight excluding hydrogens is 200 g/mol. The second-order valence-corrected chi connectivity index (χ2v) is 6.26. The minimum absolute atomic E-state index is 0.0683. The molecule has 2 unspecified atom stereocenters. The first-order chi connectivity index (χ1) is 7.48. The van der Waals surface area contributed by atoms with Crippen LogP contribution in [-0.2, 0) is 0 Å². The molecule has 1 N–H and O–H groups in total. The maximum atomic E-state index is 9.91. The van der Waals surface area contributed by atoms with Crippen molar-refractivity contribution < 1.29 is 5.11 Å². The molecule has 1 saturated heterocycles. The summed E-state index contributed by atoms with van der Waals surface area (Å²) in [5.41, 5.74) is 0.292. The zero-order valence-electron chi connectivity index (χ0n) is 10.9. The second kappa shape index (κ2) is 4.63. The van der Waals surface area contributed by atoms with E-state index in [1.54, 1.807) is 0 Å². The molecule has 1 heterocycles. The molecule has 0 spiro atoms. The summed E-state index contributed by atoms with van der Waals surface area (Å²) in [5, 5.41) is 9.91. The molecule has 0 aromatic carbocycles. The standard InChI is InChI=1S/C13H26N2O/c1-13(2,3)15-9-7-14(8-10-15)11-5-4-6-12(11)16/h11-12,16H,4-10H2,1-3H3. The van der Waals surface area contributed by atoms with Crippen molar-refractivity contribution in [3.63, 3.8) is 0 Å². The topological polar surface area (TPSA) is 26.7 Å². The van der Waals surface area contributed by atoms with Crippen LogP contribution in [0.2, 0.25) is 0 Å².